The minimum atomic E-state index is -2.54. The second-order valence-corrected chi connectivity index (χ2v) is 3.42. The first kappa shape index (κ1) is 12.6. The Labute approximate surface area is 93.7 Å². The number of halogens is 2. The maximum absolute atomic E-state index is 12.8. The molecule has 0 aliphatic rings. The fraction of sp³-hybridized carbons (Fsp3) is 0.333. The Hall–Kier alpha value is -1.42. The molecule has 0 heterocycles. The second kappa shape index (κ2) is 5.61. The number of hydrogen-bond acceptors (Lipinski definition) is 2. The minimum absolute atomic E-state index is 0.0841. The van der Waals surface area contributed by atoms with E-state index in [1.54, 1.807) is 25.1 Å². The van der Waals surface area contributed by atoms with Gasteiger partial charge in [-0.05, 0) is 24.6 Å². The summed E-state index contributed by atoms with van der Waals surface area (Å²) in [7, 11) is 1.39. The van der Waals surface area contributed by atoms with Crippen molar-refractivity contribution >= 4 is 6.08 Å². The second-order valence-electron chi connectivity index (χ2n) is 3.42. The molecule has 0 fully saturated rings. The van der Waals surface area contributed by atoms with Gasteiger partial charge in [0, 0.05) is 12.1 Å². The van der Waals surface area contributed by atoms with Crippen molar-refractivity contribution in [3.8, 4) is 5.75 Å². The zero-order chi connectivity index (χ0) is 12.1. The van der Waals surface area contributed by atoms with E-state index in [-0.39, 0.29) is 11.3 Å². The molecule has 1 aromatic rings. The zero-order valence-electron chi connectivity index (χ0n) is 9.34. The van der Waals surface area contributed by atoms with Gasteiger partial charge in [-0.15, -0.1) is 0 Å². The van der Waals surface area contributed by atoms with Crippen LogP contribution in [-0.4, -0.2) is 13.7 Å². The number of benzene rings is 1. The van der Waals surface area contributed by atoms with Crippen molar-refractivity contribution < 1.29 is 13.5 Å². The number of aryl methyl sites for hydroxylation is 1. The lowest BCUT2D eigenvalue weighted by molar-refractivity contribution is 0.147. The molecule has 0 atom stereocenters. The molecule has 2 nitrogen and oxygen atoms in total. The highest BCUT2D eigenvalue weighted by Gasteiger charge is 2.16. The number of ether oxygens (including phenoxy) is 1. The van der Waals surface area contributed by atoms with Crippen molar-refractivity contribution in [2.45, 2.75) is 13.3 Å². The average Bonchev–Trinajstić information content (AvgIpc) is 2.25. The predicted octanol–water partition coefficient (Wildman–Crippen LogP) is 2.91. The van der Waals surface area contributed by atoms with Crippen LogP contribution < -0.4 is 10.5 Å². The third kappa shape index (κ3) is 2.79. The number of nitrogens with two attached hydrogens (primary N) is 1. The Morgan fingerprint density at radius 1 is 1.44 bits per heavy atom. The number of methoxy groups -OCH3 is 1. The van der Waals surface area contributed by atoms with Gasteiger partial charge in [-0.1, -0.05) is 12.2 Å². The molecule has 4 heteroatoms. The van der Waals surface area contributed by atoms with Gasteiger partial charge in [0.15, 0.2) is 0 Å². The van der Waals surface area contributed by atoms with Crippen LogP contribution in [0.25, 0.3) is 6.08 Å². The summed E-state index contributed by atoms with van der Waals surface area (Å²) >= 11 is 0. The maximum Gasteiger partial charge on any atom is 0.267 e. The Morgan fingerprint density at radius 2 is 2.12 bits per heavy atom. The van der Waals surface area contributed by atoms with Gasteiger partial charge in [0.2, 0.25) is 0 Å². The van der Waals surface area contributed by atoms with Crippen molar-refractivity contribution in [1.29, 1.82) is 0 Å². The lowest BCUT2D eigenvalue weighted by Crippen LogP contribution is -1.97. The summed E-state index contributed by atoms with van der Waals surface area (Å²) in [5.41, 5.74) is 6.64. The Balaban J connectivity index is 3.30. The van der Waals surface area contributed by atoms with Gasteiger partial charge >= 0.3 is 0 Å². The monoisotopic (exact) mass is 227 g/mol. The molecule has 1 rings (SSSR count). The predicted molar refractivity (Wildman–Crippen MR) is 60.8 cm³/mol. The molecule has 0 unspecified atom stereocenters. The summed E-state index contributed by atoms with van der Waals surface area (Å²) in [6, 6.07) is 3.22. The largest absolute Gasteiger partial charge is 0.496 e. The third-order valence-corrected chi connectivity index (χ3v) is 2.16. The first-order valence-electron chi connectivity index (χ1n) is 4.93. The molecule has 0 radical (unpaired) electrons. The molecular formula is C12H15F2NO. The topological polar surface area (TPSA) is 35.2 Å². The molecule has 0 aromatic heterocycles. The summed E-state index contributed by atoms with van der Waals surface area (Å²) in [4.78, 5) is 0. The lowest BCUT2D eigenvalue weighted by Gasteiger charge is -2.12. The van der Waals surface area contributed by atoms with Crippen LogP contribution in [0, 0.1) is 6.92 Å². The van der Waals surface area contributed by atoms with Gasteiger partial charge in [0.25, 0.3) is 6.43 Å². The smallest absolute Gasteiger partial charge is 0.267 e. The molecule has 0 aliphatic carbocycles. The Morgan fingerprint density at radius 3 is 2.62 bits per heavy atom. The van der Waals surface area contributed by atoms with Crippen molar-refractivity contribution in [1.82, 2.24) is 0 Å². The van der Waals surface area contributed by atoms with Crippen LogP contribution in [0.15, 0.2) is 18.2 Å². The number of rotatable bonds is 4. The Kier molecular flexibility index (Phi) is 4.43. The molecule has 88 valence electrons. The van der Waals surface area contributed by atoms with Gasteiger partial charge in [0.1, 0.15) is 5.75 Å². The molecule has 2 N–H and O–H groups in total. The standard InChI is InChI=1S/C12H15F2NO/c1-8-6-9(4-3-5-15)11(16-2)10(7-8)12(13)14/h3-4,6-7,12H,5,15H2,1-2H3/b4-3+. The van der Waals surface area contributed by atoms with E-state index in [1.165, 1.54) is 13.2 Å². The van der Waals surface area contributed by atoms with Gasteiger partial charge < -0.3 is 10.5 Å². The normalized spacial score (nSPS) is 11.4. The maximum atomic E-state index is 12.8. The van der Waals surface area contributed by atoms with Crippen LogP contribution in [0.4, 0.5) is 8.78 Å². The molecular weight excluding hydrogens is 212 g/mol. The summed E-state index contributed by atoms with van der Waals surface area (Å²) in [6.45, 7) is 2.13. The molecule has 0 saturated carbocycles. The molecule has 0 bridgehead atoms. The van der Waals surface area contributed by atoms with E-state index in [2.05, 4.69) is 0 Å². The number of alkyl halides is 2. The first-order valence-corrected chi connectivity index (χ1v) is 4.93. The molecule has 0 spiro atoms. The van der Waals surface area contributed by atoms with E-state index in [1.807, 2.05) is 0 Å². The molecule has 16 heavy (non-hydrogen) atoms. The van der Waals surface area contributed by atoms with Crippen molar-refractivity contribution in [2.24, 2.45) is 5.73 Å². The van der Waals surface area contributed by atoms with E-state index in [0.717, 1.165) is 5.56 Å². The highest BCUT2D eigenvalue weighted by atomic mass is 19.3. The summed E-state index contributed by atoms with van der Waals surface area (Å²) < 4.78 is 30.6. The average molecular weight is 227 g/mol. The van der Waals surface area contributed by atoms with Crippen LogP contribution in [0.5, 0.6) is 5.75 Å². The van der Waals surface area contributed by atoms with Crippen molar-refractivity contribution in [3.05, 3.63) is 34.9 Å². The van der Waals surface area contributed by atoms with Crippen LogP contribution in [0.2, 0.25) is 0 Å². The summed E-state index contributed by atoms with van der Waals surface area (Å²) in [5, 5.41) is 0. The third-order valence-electron chi connectivity index (χ3n) is 2.16. The molecule has 0 aliphatic heterocycles. The quantitative estimate of drug-likeness (QED) is 0.858. The molecule has 1 aromatic carbocycles. The lowest BCUT2D eigenvalue weighted by atomic mass is 10.0. The van der Waals surface area contributed by atoms with E-state index in [0.29, 0.717) is 12.1 Å². The van der Waals surface area contributed by atoms with Crippen LogP contribution in [-0.2, 0) is 0 Å². The first-order chi connectivity index (χ1) is 7.60. The zero-order valence-corrected chi connectivity index (χ0v) is 9.34. The van der Waals surface area contributed by atoms with Gasteiger partial charge in [0.05, 0.1) is 12.7 Å². The van der Waals surface area contributed by atoms with E-state index in [4.69, 9.17) is 10.5 Å². The van der Waals surface area contributed by atoms with E-state index in [9.17, 15) is 8.78 Å². The van der Waals surface area contributed by atoms with Gasteiger partial charge in [-0.3, -0.25) is 0 Å². The van der Waals surface area contributed by atoms with Crippen molar-refractivity contribution in [3.63, 3.8) is 0 Å². The fourth-order valence-electron chi connectivity index (χ4n) is 1.55. The fourth-order valence-corrected chi connectivity index (χ4v) is 1.55. The molecule has 0 saturated heterocycles. The summed E-state index contributed by atoms with van der Waals surface area (Å²) in [5.74, 6) is 0.213. The van der Waals surface area contributed by atoms with Crippen LogP contribution in [0.3, 0.4) is 0 Å². The van der Waals surface area contributed by atoms with Crippen LogP contribution >= 0.6 is 0 Å². The van der Waals surface area contributed by atoms with E-state index >= 15 is 0 Å². The summed E-state index contributed by atoms with van der Waals surface area (Å²) in [6.07, 6.45) is 0.851. The molecule has 0 amide bonds. The van der Waals surface area contributed by atoms with Gasteiger partial charge in [-0.25, -0.2) is 8.78 Å². The highest BCUT2D eigenvalue weighted by molar-refractivity contribution is 5.61. The minimum Gasteiger partial charge on any atom is -0.496 e. The van der Waals surface area contributed by atoms with E-state index < -0.39 is 6.43 Å². The van der Waals surface area contributed by atoms with Gasteiger partial charge in [-0.2, -0.15) is 0 Å². The Bertz CT molecular complexity index is 389. The van der Waals surface area contributed by atoms with Crippen molar-refractivity contribution in [2.75, 3.05) is 13.7 Å². The SMILES string of the molecule is COc1c(/C=C/CN)cc(C)cc1C(F)F. The highest BCUT2D eigenvalue weighted by Crippen LogP contribution is 2.33. The number of hydrogen-bond donors (Lipinski definition) is 1. The van der Waals surface area contributed by atoms with Crippen LogP contribution in [0.1, 0.15) is 23.1 Å².